The van der Waals surface area contributed by atoms with Gasteiger partial charge in [0.15, 0.2) is 0 Å². The first-order valence-corrected chi connectivity index (χ1v) is 8.36. The highest BCUT2D eigenvalue weighted by Gasteiger charge is 2.46. The van der Waals surface area contributed by atoms with E-state index in [2.05, 4.69) is 36.1 Å². The van der Waals surface area contributed by atoms with Crippen molar-refractivity contribution in [2.24, 2.45) is 5.92 Å². The summed E-state index contributed by atoms with van der Waals surface area (Å²) in [4.78, 5) is 14.8. The van der Waals surface area contributed by atoms with E-state index in [0.717, 1.165) is 24.4 Å². The van der Waals surface area contributed by atoms with Gasteiger partial charge in [0, 0.05) is 30.6 Å². The lowest BCUT2D eigenvalue weighted by Crippen LogP contribution is -2.31. The predicted octanol–water partition coefficient (Wildman–Crippen LogP) is 3.39. The maximum atomic E-state index is 12.5. The smallest absolute Gasteiger partial charge is 0.316 e. The van der Waals surface area contributed by atoms with E-state index in [-0.39, 0.29) is 23.8 Å². The summed E-state index contributed by atoms with van der Waals surface area (Å²) in [7, 11) is 1.67. The van der Waals surface area contributed by atoms with Gasteiger partial charge in [-0.2, -0.15) is 0 Å². The number of benzene rings is 2. The second-order valence-electron chi connectivity index (χ2n) is 6.55. The molecule has 2 aromatic carbocycles. The summed E-state index contributed by atoms with van der Waals surface area (Å²) in [6.45, 7) is 3.75. The molecule has 1 fully saturated rings. The third kappa shape index (κ3) is 2.38. The lowest BCUT2D eigenvalue weighted by molar-refractivity contribution is -0.140. The molecule has 2 aromatic rings. The van der Waals surface area contributed by atoms with E-state index in [1.807, 2.05) is 24.3 Å². The van der Waals surface area contributed by atoms with Gasteiger partial charge in [-0.1, -0.05) is 36.4 Å². The molecule has 0 amide bonds. The lowest BCUT2D eigenvalue weighted by atomic mass is 9.86. The van der Waals surface area contributed by atoms with Gasteiger partial charge in [-0.15, -0.1) is 0 Å². The minimum Gasteiger partial charge on any atom is -0.496 e. The van der Waals surface area contributed by atoms with Crippen LogP contribution in [0.3, 0.4) is 0 Å². The van der Waals surface area contributed by atoms with Crippen LogP contribution >= 0.6 is 0 Å². The van der Waals surface area contributed by atoms with Crippen molar-refractivity contribution in [3.63, 3.8) is 0 Å². The molecule has 0 spiro atoms. The van der Waals surface area contributed by atoms with Crippen LogP contribution in [-0.2, 0) is 4.79 Å². The molecule has 3 atom stereocenters. The van der Waals surface area contributed by atoms with E-state index >= 15 is 0 Å². The Bertz CT molecular complexity index is 759. The zero-order chi connectivity index (χ0) is 16.7. The monoisotopic (exact) mass is 323 g/mol. The van der Waals surface area contributed by atoms with Crippen molar-refractivity contribution in [1.82, 2.24) is 4.90 Å². The molecule has 0 saturated carbocycles. The molecule has 0 aromatic heterocycles. The number of carbonyl (C=O) groups is 1. The van der Waals surface area contributed by atoms with Gasteiger partial charge >= 0.3 is 5.97 Å². The first-order chi connectivity index (χ1) is 11.7. The number of fused-ring (bicyclic) bond motifs is 3. The quantitative estimate of drug-likeness (QED) is 0.641. The number of esters is 1. The fourth-order valence-electron chi connectivity index (χ4n) is 3.96. The Kier molecular flexibility index (Phi) is 3.77. The number of nitrogens with zero attached hydrogens (tertiary/aromatic N) is 1. The van der Waals surface area contributed by atoms with Crippen LogP contribution in [0.4, 0.5) is 0 Å². The Morgan fingerprint density at radius 3 is 2.58 bits per heavy atom. The average Bonchev–Trinajstić information content (AvgIpc) is 3.07. The Balaban J connectivity index is 1.67. The second kappa shape index (κ2) is 5.95. The van der Waals surface area contributed by atoms with E-state index in [1.54, 1.807) is 7.11 Å². The van der Waals surface area contributed by atoms with Crippen molar-refractivity contribution in [2.45, 2.75) is 18.9 Å². The highest BCUT2D eigenvalue weighted by Crippen LogP contribution is 2.47. The van der Waals surface area contributed by atoms with Gasteiger partial charge in [-0.05, 0) is 24.6 Å². The van der Waals surface area contributed by atoms with E-state index in [4.69, 9.17) is 9.47 Å². The number of rotatable bonds is 3. The Morgan fingerprint density at radius 1 is 1.08 bits per heavy atom. The molecule has 4 rings (SSSR count). The Labute approximate surface area is 142 Å². The van der Waals surface area contributed by atoms with Crippen molar-refractivity contribution in [2.75, 3.05) is 20.2 Å². The van der Waals surface area contributed by atoms with E-state index in [0.29, 0.717) is 5.75 Å². The molecule has 24 heavy (non-hydrogen) atoms. The molecule has 1 saturated heterocycles. The number of methoxy groups -OCH3 is 1. The fraction of sp³-hybridized carbons (Fsp3) is 0.350. The van der Waals surface area contributed by atoms with Gasteiger partial charge in [-0.3, -0.25) is 9.69 Å². The maximum absolute atomic E-state index is 12.5. The third-order valence-electron chi connectivity index (χ3n) is 5.31. The highest BCUT2D eigenvalue weighted by atomic mass is 16.5. The SMILES string of the molecule is COc1cccc2c1[C@@H]1CN(C(C)c3ccccc3)C[C@@H]1C(=O)O2. The summed E-state index contributed by atoms with van der Waals surface area (Å²) < 4.78 is 11.1. The number of hydrogen-bond acceptors (Lipinski definition) is 4. The van der Waals surface area contributed by atoms with Gasteiger partial charge in [0.05, 0.1) is 13.0 Å². The molecule has 2 aliphatic rings. The van der Waals surface area contributed by atoms with Crippen molar-refractivity contribution in [1.29, 1.82) is 0 Å². The average molecular weight is 323 g/mol. The Hall–Kier alpha value is -2.33. The lowest BCUT2D eigenvalue weighted by Gasteiger charge is -2.27. The van der Waals surface area contributed by atoms with Crippen molar-refractivity contribution in [3.05, 3.63) is 59.7 Å². The number of carbonyl (C=O) groups excluding carboxylic acids is 1. The molecule has 4 nitrogen and oxygen atoms in total. The summed E-state index contributed by atoms with van der Waals surface area (Å²) in [5, 5.41) is 0. The molecule has 2 heterocycles. The van der Waals surface area contributed by atoms with Crippen LogP contribution in [0, 0.1) is 5.92 Å². The summed E-state index contributed by atoms with van der Waals surface area (Å²) in [5.74, 6) is 1.34. The molecule has 4 heteroatoms. The number of likely N-dealkylation sites (tertiary alicyclic amines) is 1. The second-order valence-corrected chi connectivity index (χ2v) is 6.55. The van der Waals surface area contributed by atoms with Crippen LogP contribution in [-0.4, -0.2) is 31.1 Å². The first-order valence-electron chi connectivity index (χ1n) is 8.36. The summed E-state index contributed by atoms with van der Waals surface area (Å²) in [6.07, 6.45) is 0. The maximum Gasteiger partial charge on any atom is 0.316 e. The molecule has 0 aliphatic carbocycles. The number of ether oxygens (including phenoxy) is 2. The van der Waals surface area contributed by atoms with Crippen molar-refractivity contribution in [3.8, 4) is 11.5 Å². The van der Waals surface area contributed by atoms with E-state index < -0.39 is 0 Å². The molecule has 2 aliphatic heterocycles. The van der Waals surface area contributed by atoms with Crippen molar-refractivity contribution >= 4 is 5.97 Å². The fourth-order valence-corrected chi connectivity index (χ4v) is 3.96. The Morgan fingerprint density at radius 2 is 1.83 bits per heavy atom. The van der Waals surface area contributed by atoms with Crippen molar-refractivity contribution < 1.29 is 14.3 Å². The van der Waals surface area contributed by atoms with Gasteiger partial charge in [0.1, 0.15) is 11.5 Å². The zero-order valence-corrected chi connectivity index (χ0v) is 13.9. The summed E-state index contributed by atoms with van der Waals surface area (Å²) in [5.41, 5.74) is 2.30. The molecule has 0 bridgehead atoms. The minimum atomic E-state index is -0.125. The molecule has 0 N–H and O–H groups in total. The van der Waals surface area contributed by atoms with Crippen LogP contribution in [0.15, 0.2) is 48.5 Å². The predicted molar refractivity (Wildman–Crippen MR) is 91.3 cm³/mol. The topological polar surface area (TPSA) is 38.8 Å². The van der Waals surface area contributed by atoms with Gasteiger partial charge in [0.2, 0.25) is 0 Å². The van der Waals surface area contributed by atoms with E-state index in [9.17, 15) is 4.79 Å². The van der Waals surface area contributed by atoms with Gasteiger partial charge < -0.3 is 9.47 Å². The van der Waals surface area contributed by atoms with Gasteiger partial charge in [0.25, 0.3) is 0 Å². The summed E-state index contributed by atoms with van der Waals surface area (Å²) >= 11 is 0. The first kappa shape index (κ1) is 15.2. The zero-order valence-electron chi connectivity index (χ0n) is 13.9. The van der Waals surface area contributed by atoms with E-state index in [1.165, 1.54) is 5.56 Å². The third-order valence-corrected chi connectivity index (χ3v) is 5.31. The van der Waals surface area contributed by atoms with Crippen LogP contribution in [0.1, 0.15) is 30.0 Å². The number of hydrogen-bond donors (Lipinski definition) is 0. The van der Waals surface area contributed by atoms with Crippen LogP contribution in [0.2, 0.25) is 0 Å². The minimum absolute atomic E-state index is 0.122. The molecular formula is C20H21NO3. The molecule has 124 valence electrons. The van der Waals surface area contributed by atoms with Crippen LogP contribution < -0.4 is 9.47 Å². The van der Waals surface area contributed by atoms with Gasteiger partial charge in [-0.25, -0.2) is 0 Å². The largest absolute Gasteiger partial charge is 0.496 e. The molecular weight excluding hydrogens is 302 g/mol. The van der Waals surface area contributed by atoms with Crippen LogP contribution in [0.25, 0.3) is 0 Å². The highest BCUT2D eigenvalue weighted by molar-refractivity contribution is 5.81. The standard InChI is InChI=1S/C20H21NO3/c1-13(14-7-4-3-5-8-14)21-11-15-16(12-21)20(22)24-18-10-6-9-17(23-2)19(15)18/h3-10,13,15-16H,11-12H2,1-2H3/t13?,15-,16+/m1/s1. The normalized spacial score (nSPS) is 24.0. The molecule has 1 unspecified atom stereocenters. The van der Waals surface area contributed by atoms with Crippen LogP contribution in [0.5, 0.6) is 11.5 Å². The molecule has 0 radical (unpaired) electrons. The summed E-state index contributed by atoms with van der Waals surface area (Å²) in [6, 6.07) is 16.3.